The van der Waals surface area contributed by atoms with Gasteiger partial charge < -0.3 is 15.0 Å². The molecular formula is C15H23FN2O. The van der Waals surface area contributed by atoms with Gasteiger partial charge in [-0.05, 0) is 37.6 Å². The van der Waals surface area contributed by atoms with Crippen molar-refractivity contribution >= 4 is 0 Å². The van der Waals surface area contributed by atoms with Gasteiger partial charge in [-0.1, -0.05) is 12.1 Å². The van der Waals surface area contributed by atoms with Crippen LogP contribution in [0.15, 0.2) is 24.3 Å². The molecule has 106 valence electrons. The number of hydrogen-bond donors (Lipinski definition) is 1. The Balaban J connectivity index is 1.88. The van der Waals surface area contributed by atoms with Crippen LogP contribution in [0.3, 0.4) is 0 Å². The number of ether oxygens (including phenoxy) is 1. The Hall–Kier alpha value is -0.970. The fourth-order valence-corrected chi connectivity index (χ4v) is 2.53. The molecule has 1 aromatic rings. The van der Waals surface area contributed by atoms with Crippen molar-refractivity contribution in [3.63, 3.8) is 0 Å². The number of rotatable bonds is 5. The molecule has 0 saturated carbocycles. The molecule has 0 amide bonds. The van der Waals surface area contributed by atoms with E-state index in [1.165, 1.54) is 6.07 Å². The fraction of sp³-hybridized carbons (Fsp3) is 0.600. The minimum absolute atomic E-state index is 0.166. The fourth-order valence-electron chi connectivity index (χ4n) is 2.53. The highest BCUT2D eigenvalue weighted by Crippen LogP contribution is 2.18. The van der Waals surface area contributed by atoms with Gasteiger partial charge in [0, 0.05) is 32.3 Å². The van der Waals surface area contributed by atoms with Gasteiger partial charge in [0.2, 0.25) is 0 Å². The second-order valence-electron chi connectivity index (χ2n) is 4.99. The van der Waals surface area contributed by atoms with E-state index in [9.17, 15) is 4.39 Å². The van der Waals surface area contributed by atoms with Crippen LogP contribution in [0.4, 0.5) is 4.39 Å². The Morgan fingerprint density at radius 1 is 1.37 bits per heavy atom. The van der Waals surface area contributed by atoms with E-state index in [0.717, 1.165) is 51.3 Å². The lowest BCUT2D eigenvalue weighted by Gasteiger charge is -2.23. The highest BCUT2D eigenvalue weighted by Gasteiger charge is 2.14. The van der Waals surface area contributed by atoms with Gasteiger partial charge in [-0.15, -0.1) is 0 Å². The predicted molar refractivity (Wildman–Crippen MR) is 74.7 cm³/mol. The number of benzene rings is 1. The Labute approximate surface area is 114 Å². The third-order valence-electron chi connectivity index (χ3n) is 3.65. The van der Waals surface area contributed by atoms with Crippen LogP contribution in [-0.4, -0.2) is 44.8 Å². The molecular weight excluding hydrogens is 243 g/mol. The van der Waals surface area contributed by atoms with Crippen LogP contribution < -0.4 is 5.32 Å². The molecule has 1 N–H and O–H groups in total. The lowest BCUT2D eigenvalue weighted by Crippen LogP contribution is -2.30. The molecule has 4 heteroatoms. The second kappa shape index (κ2) is 7.58. The van der Waals surface area contributed by atoms with Crippen molar-refractivity contribution in [2.75, 3.05) is 39.9 Å². The Kier molecular flexibility index (Phi) is 5.76. The monoisotopic (exact) mass is 266 g/mol. The lowest BCUT2D eigenvalue weighted by molar-refractivity contribution is 0.140. The summed E-state index contributed by atoms with van der Waals surface area (Å²) in [7, 11) is 1.93. The van der Waals surface area contributed by atoms with E-state index in [4.69, 9.17) is 4.74 Å². The molecule has 1 heterocycles. The first-order valence-electron chi connectivity index (χ1n) is 7.02. The van der Waals surface area contributed by atoms with Gasteiger partial charge in [0.1, 0.15) is 5.82 Å². The van der Waals surface area contributed by atoms with Crippen LogP contribution >= 0.6 is 0 Å². The first-order chi connectivity index (χ1) is 9.29. The normalized spacial score (nSPS) is 19.1. The molecule has 1 aliphatic heterocycles. The quantitative estimate of drug-likeness (QED) is 0.884. The van der Waals surface area contributed by atoms with Crippen LogP contribution in [0.1, 0.15) is 24.4 Å². The van der Waals surface area contributed by atoms with Crippen molar-refractivity contribution in [3.8, 4) is 0 Å². The molecule has 0 aliphatic carbocycles. The van der Waals surface area contributed by atoms with Gasteiger partial charge in [0.05, 0.1) is 6.61 Å². The third kappa shape index (κ3) is 4.56. The molecule has 0 bridgehead atoms. The summed E-state index contributed by atoms with van der Waals surface area (Å²) in [5, 5.41) is 3.28. The molecule has 1 fully saturated rings. The summed E-state index contributed by atoms with van der Waals surface area (Å²) in [6, 6.07) is 7.07. The maximum Gasteiger partial charge on any atom is 0.123 e. The highest BCUT2D eigenvalue weighted by atomic mass is 19.1. The topological polar surface area (TPSA) is 24.5 Å². The van der Waals surface area contributed by atoms with Crippen molar-refractivity contribution in [2.24, 2.45) is 0 Å². The minimum atomic E-state index is -0.166. The van der Waals surface area contributed by atoms with Crippen LogP contribution in [0, 0.1) is 5.82 Å². The maximum absolute atomic E-state index is 13.3. The Morgan fingerprint density at radius 2 is 2.26 bits per heavy atom. The maximum atomic E-state index is 13.3. The first kappa shape index (κ1) is 14.4. The van der Waals surface area contributed by atoms with Gasteiger partial charge >= 0.3 is 0 Å². The van der Waals surface area contributed by atoms with Crippen LogP contribution in [-0.2, 0) is 4.74 Å². The first-order valence-corrected chi connectivity index (χ1v) is 7.02. The minimum Gasteiger partial charge on any atom is -0.380 e. The number of nitrogens with zero attached hydrogens (tertiary/aromatic N) is 1. The van der Waals surface area contributed by atoms with E-state index in [-0.39, 0.29) is 11.9 Å². The lowest BCUT2D eigenvalue weighted by atomic mass is 10.0. The average Bonchev–Trinajstić information content (AvgIpc) is 2.68. The van der Waals surface area contributed by atoms with E-state index in [1.807, 2.05) is 13.1 Å². The number of hydrogen-bond acceptors (Lipinski definition) is 3. The predicted octanol–water partition coefficient (Wildman–Crippen LogP) is 2.20. The third-order valence-corrected chi connectivity index (χ3v) is 3.65. The zero-order valence-corrected chi connectivity index (χ0v) is 11.6. The molecule has 0 radical (unpaired) electrons. The molecule has 19 heavy (non-hydrogen) atoms. The molecule has 3 nitrogen and oxygen atoms in total. The molecule has 1 aromatic carbocycles. The number of halogens is 1. The molecule has 1 atom stereocenters. The molecule has 0 aromatic heterocycles. The van der Waals surface area contributed by atoms with Crippen molar-refractivity contribution in [1.82, 2.24) is 10.2 Å². The number of nitrogens with one attached hydrogen (secondary N) is 1. The van der Waals surface area contributed by atoms with Gasteiger partial charge in [0.15, 0.2) is 0 Å². The average molecular weight is 266 g/mol. The molecule has 2 rings (SSSR count). The van der Waals surface area contributed by atoms with E-state index in [0.29, 0.717) is 0 Å². The van der Waals surface area contributed by atoms with Crippen molar-refractivity contribution in [2.45, 2.75) is 18.9 Å². The zero-order valence-electron chi connectivity index (χ0n) is 11.6. The van der Waals surface area contributed by atoms with E-state index < -0.39 is 0 Å². The summed E-state index contributed by atoms with van der Waals surface area (Å²) in [6.07, 6.45) is 2.09. The van der Waals surface area contributed by atoms with Crippen molar-refractivity contribution < 1.29 is 9.13 Å². The summed E-state index contributed by atoms with van der Waals surface area (Å²) < 4.78 is 18.7. The van der Waals surface area contributed by atoms with E-state index >= 15 is 0 Å². The second-order valence-corrected chi connectivity index (χ2v) is 4.99. The summed E-state index contributed by atoms with van der Waals surface area (Å²) >= 11 is 0. The molecule has 1 aliphatic rings. The van der Waals surface area contributed by atoms with Gasteiger partial charge in [-0.3, -0.25) is 0 Å². The summed E-state index contributed by atoms with van der Waals surface area (Å²) in [5.41, 5.74) is 1.02. The molecule has 1 saturated heterocycles. The van der Waals surface area contributed by atoms with Crippen molar-refractivity contribution in [3.05, 3.63) is 35.6 Å². The van der Waals surface area contributed by atoms with Gasteiger partial charge in [-0.2, -0.15) is 0 Å². The van der Waals surface area contributed by atoms with E-state index in [2.05, 4.69) is 10.2 Å². The standard InChI is InChI=1S/C15H23FN2O/c1-17-15(13-4-2-5-14(16)12-13)6-8-18-7-3-10-19-11-9-18/h2,4-5,12,15,17H,3,6-11H2,1H3. The summed E-state index contributed by atoms with van der Waals surface area (Å²) in [4.78, 5) is 2.43. The Morgan fingerprint density at radius 3 is 3.05 bits per heavy atom. The largest absolute Gasteiger partial charge is 0.380 e. The van der Waals surface area contributed by atoms with Crippen molar-refractivity contribution in [1.29, 1.82) is 0 Å². The molecule has 0 spiro atoms. The summed E-state index contributed by atoms with van der Waals surface area (Å²) in [5.74, 6) is -0.166. The Bertz CT molecular complexity index is 378. The highest BCUT2D eigenvalue weighted by molar-refractivity contribution is 5.20. The van der Waals surface area contributed by atoms with Crippen LogP contribution in [0.5, 0.6) is 0 Å². The van der Waals surface area contributed by atoms with Gasteiger partial charge in [-0.25, -0.2) is 4.39 Å². The van der Waals surface area contributed by atoms with Gasteiger partial charge in [0.25, 0.3) is 0 Å². The summed E-state index contributed by atoms with van der Waals surface area (Å²) in [6.45, 7) is 4.81. The zero-order chi connectivity index (χ0) is 13.5. The van der Waals surface area contributed by atoms with Crippen LogP contribution in [0.2, 0.25) is 0 Å². The molecule has 1 unspecified atom stereocenters. The smallest absolute Gasteiger partial charge is 0.123 e. The van der Waals surface area contributed by atoms with E-state index in [1.54, 1.807) is 12.1 Å². The van der Waals surface area contributed by atoms with Crippen LogP contribution in [0.25, 0.3) is 0 Å². The SMILES string of the molecule is CNC(CCN1CCCOCC1)c1cccc(F)c1.